The van der Waals surface area contributed by atoms with E-state index < -0.39 is 0 Å². The van der Waals surface area contributed by atoms with Crippen LogP contribution >= 0.6 is 11.6 Å². The molecule has 0 aliphatic rings. The Bertz CT molecular complexity index is 480. The molecule has 0 spiro atoms. The second-order valence-electron chi connectivity index (χ2n) is 3.39. The van der Waals surface area contributed by atoms with Crippen LogP contribution in [0.1, 0.15) is 11.6 Å². The molecule has 0 aliphatic carbocycles. The average molecular weight is 251 g/mol. The van der Waals surface area contributed by atoms with E-state index in [1.807, 2.05) is 12.1 Å². The highest BCUT2D eigenvalue weighted by Crippen LogP contribution is 2.17. The zero-order valence-electron chi connectivity index (χ0n) is 8.92. The Morgan fingerprint density at radius 1 is 1.29 bits per heavy atom. The van der Waals surface area contributed by atoms with Gasteiger partial charge in [-0.25, -0.2) is 4.98 Å². The van der Waals surface area contributed by atoms with Crippen LogP contribution in [-0.2, 0) is 0 Å². The molecule has 2 aromatic rings. The molecule has 2 aromatic heterocycles. The SMILES string of the molecule is OC[C@H](Nc1cncc(Cl)n1)c1cccnc1. The molecule has 0 bridgehead atoms. The monoisotopic (exact) mass is 250 g/mol. The first kappa shape index (κ1) is 11.8. The highest BCUT2D eigenvalue weighted by Gasteiger charge is 2.10. The van der Waals surface area contributed by atoms with Gasteiger partial charge in [-0.3, -0.25) is 9.97 Å². The van der Waals surface area contributed by atoms with Gasteiger partial charge in [0.15, 0.2) is 0 Å². The molecular formula is C11H11ClN4O. The van der Waals surface area contributed by atoms with Crippen molar-refractivity contribution < 1.29 is 5.11 Å². The molecule has 0 saturated carbocycles. The largest absolute Gasteiger partial charge is 0.394 e. The van der Waals surface area contributed by atoms with E-state index in [4.69, 9.17) is 11.6 Å². The van der Waals surface area contributed by atoms with Gasteiger partial charge >= 0.3 is 0 Å². The molecule has 0 radical (unpaired) electrons. The summed E-state index contributed by atoms with van der Waals surface area (Å²) < 4.78 is 0. The molecule has 0 aliphatic heterocycles. The third-order valence-electron chi connectivity index (χ3n) is 2.20. The number of halogens is 1. The Morgan fingerprint density at radius 2 is 2.18 bits per heavy atom. The molecule has 6 heteroatoms. The Hall–Kier alpha value is -1.72. The lowest BCUT2D eigenvalue weighted by Gasteiger charge is -2.16. The summed E-state index contributed by atoms with van der Waals surface area (Å²) in [5.41, 5.74) is 0.872. The van der Waals surface area contributed by atoms with Crippen molar-refractivity contribution in [1.82, 2.24) is 15.0 Å². The molecular weight excluding hydrogens is 240 g/mol. The summed E-state index contributed by atoms with van der Waals surface area (Å²) in [7, 11) is 0. The molecule has 17 heavy (non-hydrogen) atoms. The van der Waals surface area contributed by atoms with Crippen LogP contribution in [0.15, 0.2) is 36.9 Å². The molecule has 1 atom stereocenters. The number of hydrogen-bond donors (Lipinski definition) is 2. The summed E-state index contributed by atoms with van der Waals surface area (Å²) in [5, 5.41) is 12.7. The van der Waals surface area contributed by atoms with Crippen LogP contribution in [0.5, 0.6) is 0 Å². The number of anilines is 1. The van der Waals surface area contributed by atoms with Crippen LogP contribution in [0, 0.1) is 0 Å². The number of aliphatic hydroxyl groups excluding tert-OH is 1. The minimum Gasteiger partial charge on any atom is -0.394 e. The number of pyridine rings is 1. The van der Waals surface area contributed by atoms with Gasteiger partial charge in [0.25, 0.3) is 0 Å². The van der Waals surface area contributed by atoms with Gasteiger partial charge in [0.2, 0.25) is 0 Å². The predicted octanol–water partition coefficient (Wildman–Crippen LogP) is 1.67. The molecule has 88 valence electrons. The van der Waals surface area contributed by atoms with Crippen LogP contribution in [0.3, 0.4) is 0 Å². The fourth-order valence-electron chi connectivity index (χ4n) is 1.41. The van der Waals surface area contributed by atoms with Gasteiger partial charge in [0, 0.05) is 12.4 Å². The van der Waals surface area contributed by atoms with Crippen molar-refractivity contribution in [3.63, 3.8) is 0 Å². The van der Waals surface area contributed by atoms with E-state index in [-0.39, 0.29) is 12.6 Å². The van der Waals surface area contributed by atoms with E-state index in [0.717, 1.165) is 5.56 Å². The lowest BCUT2D eigenvalue weighted by Crippen LogP contribution is -2.15. The lowest BCUT2D eigenvalue weighted by molar-refractivity contribution is 0.276. The number of nitrogens with zero attached hydrogens (tertiary/aromatic N) is 3. The van der Waals surface area contributed by atoms with Crippen molar-refractivity contribution in [3.8, 4) is 0 Å². The van der Waals surface area contributed by atoms with E-state index in [1.165, 1.54) is 6.20 Å². The van der Waals surface area contributed by atoms with Crippen LogP contribution in [0.2, 0.25) is 5.15 Å². The fourth-order valence-corrected chi connectivity index (χ4v) is 1.55. The summed E-state index contributed by atoms with van der Waals surface area (Å²) >= 11 is 5.73. The first-order chi connectivity index (χ1) is 8.29. The molecule has 0 amide bonds. The van der Waals surface area contributed by atoms with Crippen molar-refractivity contribution in [1.29, 1.82) is 0 Å². The van der Waals surface area contributed by atoms with Gasteiger partial charge in [-0.2, -0.15) is 0 Å². The van der Waals surface area contributed by atoms with Crippen molar-refractivity contribution >= 4 is 17.4 Å². The second-order valence-corrected chi connectivity index (χ2v) is 3.78. The van der Waals surface area contributed by atoms with Gasteiger partial charge in [-0.15, -0.1) is 0 Å². The summed E-state index contributed by atoms with van der Waals surface area (Å²) in [6.45, 7) is -0.0696. The van der Waals surface area contributed by atoms with Crippen molar-refractivity contribution in [2.75, 3.05) is 11.9 Å². The topological polar surface area (TPSA) is 70.9 Å². The normalized spacial score (nSPS) is 12.1. The standard InChI is InChI=1S/C11H11ClN4O/c12-10-5-14-6-11(16-10)15-9(7-17)8-2-1-3-13-4-8/h1-6,9,17H,7H2,(H,15,16)/t9-/m0/s1. The highest BCUT2D eigenvalue weighted by atomic mass is 35.5. The van der Waals surface area contributed by atoms with Gasteiger partial charge < -0.3 is 10.4 Å². The summed E-state index contributed by atoms with van der Waals surface area (Å²) in [5.74, 6) is 0.514. The van der Waals surface area contributed by atoms with Crippen LogP contribution in [-0.4, -0.2) is 26.7 Å². The van der Waals surface area contributed by atoms with E-state index in [1.54, 1.807) is 18.6 Å². The van der Waals surface area contributed by atoms with Gasteiger partial charge in [0.05, 0.1) is 25.0 Å². The zero-order chi connectivity index (χ0) is 12.1. The summed E-state index contributed by atoms with van der Waals surface area (Å²) in [6, 6.07) is 3.40. The lowest BCUT2D eigenvalue weighted by atomic mass is 10.1. The quantitative estimate of drug-likeness (QED) is 0.864. The molecule has 2 rings (SSSR count). The molecule has 0 saturated heterocycles. The Balaban J connectivity index is 2.16. The Kier molecular flexibility index (Phi) is 3.85. The fraction of sp³-hybridized carbons (Fsp3) is 0.182. The number of hydrogen-bond acceptors (Lipinski definition) is 5. The van der Waals surface area contributed by atoms with Crippen LogP contribution < -0.4 is 5.32 Å². The summed E-state index contributed by atoms with van der Waals surface area (Å²) in [4.78, 5) is 12.0. The van der Waals surface area contributed by atoms with Crippen LogP contribution in [0.25, 0.3) is 0 Å². The minimum atomic E-state index is -0.281. The van der Waals surface area contributed by atoms with Gasteiger partial charge in [0.1, 0.15) is 11.0 Å². The van der Waals surface area contributed by atoms with Crippen molar-refractivity contribution in [2.24, 2.45) is 0 Å². The number of rotatable bonds is 4. The number of aliphatic hydroxyl groups is 1. The first-order valence-electron chi connectivity index (χ1n) is 5.04. The van der Waals surface area contributed by atoms with E-state index in [2.05, 4.69) is 20.3 Å². The average Bonchev–Trinajstić information content (AvgIpc) is 2.37. The maximum absolute atomic E-state index is 9.34. The van der Waals surface area contributed by atoms with E-state index in [0.29, 0.717) is 11.0 Å². The molecule has 2 N–H and O–H groups in total. The Morgan fingerprint density at radius 3 is 2.82 bits per heavy atom. The molecule has 0 fully saturated rings. The van der Waals surface area contributed by atoms with Gasteiger partial charge in [-0.1, -0.05) is 17.7 Å². The molecule has 0 aromatic carbocycles. The molecule has 2 heterocycles. The predicted molar refractivity (Wildman–Crippen MR) is 64.7 cm³/mol. The second kappa shape index (κ2) is 5.56. The number of aromatic nitrogens is 3. The van der Waals surface area contributed by atoms with Crippen molar-refractivity contribution in [2.45, 2.75) is 6.04 Å². The van der Waals surface area contributed by atoms with Gasteiger partial charge in [-0.05, 0) is 11.6 Å². The maximum atomic E-state index is 9.34. The summed E-state index contributed by atoms with van der Waals surface area (Å²) in [6.07, 6.45) is 6.36. The highest BCUT2D eigenvalue weighted by molar-refractivity contribution is 6.29. The Labute approximate surface area is 104 Å². The maximum Gasteiger partial charge on any atom is 0.149 e. The third-order valence-corrected chi connectivity index (χ3v) is 2.38. The minimum absolute atomic E-state index is 0.0696. The third kappa shape index (κ3) is 3.12. The van der Waals surface area contributed by atoms with E-state index >= 15 is 0 Å². The number of nitrogens with one attached hydrogen (secondary N) is 1. The smallest absolute Gasteiger partial charge is 0.149 e. The first-order valence-corrected chi connectivity index (χ1v) is 5.42. The van der Waals surface area contributed by atoms with E-state index in [9.17, 15) is 5.11 Å². The van der Waals surface area contributed by atoms with Crippen molar-refractivity contribution in [3.05, 3.63) is 47.6 Å². The molecule has 5 nitrogen and oxygen atoms in total. The molecule has 0 unspecified atom stereocenters. The van der Waals surface area contributed by atoms with Crippen LogP contribution in [0.4, 0.5) is 5.82 Å². The zero-order valence-corrected chi connectivity index (χ0v) is 9.67.